The molecule has 1 aromatic carbocycles. The second-order valence-corrected chi connectivity index (χ2v) is 6.63. The molecule has 0 N–H and O–H groups in total. The monoisotopic (exact) mass is 289 g/mol. The SMILES string of the molecule is CC(C)COc1ccc(C(=O)CN2CCCC(C)C2)cc1. The first kappa shape index (κ1) is 16.0. The van der Waals surface area contributed by atoms with E-state index in [1.807, 2.05) is 24.3 Å². The highest BCUT2D eigenvalue weighted by molar-refractivity contribution is 5.97. The molecule has 1 aromatic rings. The first-order valence-electron chi connectivity index (χ1n) is 8.03. The molecule has 1 fully saturated rings. The fourth-order valence-corrected chi connectivity index (χ4v) is 2.72. The Hall–Kier alpha value is -1.35. The third-order valence-electron chi connectivity index (χ3n) is 3.87. The van der Waals surface area contributed by atoms with Gasteiger partial charge in [-0.15, -0.1) is 0 Å². The van der Waals surface area contributed by atoms with Gasteiger partial charge in [-0.25, -0.2) is 0 Å². The topological polar surface area (TPSA) is 29.5 Å². The third-order valence-corrected chi connectivity index (χ3v) is 3.87. The van der Waals surface area contributed by atoms with Gasteiger partial charge in [-0.05, 0) is 55.5 Å². The number of carbonyl (C=O) groups is 1. The highest BCUT2D eigenvalue weighted by Gasteiger charge is 2.19. The van der Waals surface area contributed by atoms with E-state index >= 15 is 0 Å². The Labute approximate surface area is 128 Å². The predicted octanol–water partition coefficient (Wildman–Crippen LogP) is 3.64. The maximum Gasteiger partial charge on any atom is 0.176 e. The minimum Gasteiger partial charge on any atom is -0.493 e. The van der Waals surface area contributed by atoms with Crippen LogP contribution in [0.15, 0.2) is 24.3 Å². The molecule has 0 spiro atoms. The number of likely N-dealkylation sites (tertiary alicyclic amines) is 1. The summed E-state index contributed by atoms with van der Waals surface area (Å²) in [6.45, 7) is 9.84. The van der Waals surface area contributed by atoms with Gasteiger partial charge in [0.1, 0.15) is 5.75 Å². The first-order valence-corrected chi connectivity index (χ1v) is 8.03. The molecule has 1 aliphatic heterocycles. The normalized spacial score (nSPS) is 19.7. The Morgan fingerprint density at radius 3 is 2.67 bits per heavy atom. The van der Waals surface area contributed by atoms with E-state index in [4.69, 9.17) is 4.74 Å². The van der Waals surface area contributed by atoms with E-state index < -0.39 is 0 Å². The molecule has 1 atom stereocenters. The standard InChI is InChI=1S/C18H27NO2/c1-14(2)13-21-17-8-6-16(7-9-17)18(20)12-19-10-4-5-15(3)11-19/h6-9,14-15H,4-5,10-13H2,1-3H3. The van der Waals surface area contributed by atoms with Crippen molar-refractivity contribution in [3.63, 3.8) is 0 Å². The summed E-state index contributed by atoms with van der Waals surface area (Å²) < 4.78 is 5.64. The Morgan fingerprint density at radius 1 is 1.33 bits per heavy atom. The van der Waals surface area contributed by atoms with Gasteiger partial charge in [-0.2, -0.15) is 0 Å². The molecule has 0 aromatic heterocycles. The molecule has 3 nitrogen and oxygen atoms in total. The number of rotatable bonds is 6. The van der Waals surface area contributed by atoms with Crippen LogP contribution in [0.2, 0.25) is 0 Å². The van der Waals surface area contributed by atoms with Gasteiger partial charge in [0, 0.05) is 12.1 Å². The van der Waals surface area contributed by atoms with Crippen molar-refractivity contribution in [3.8, 4) is 5.75 Å². The number of ketones is 1. The third kappa shape index (κ3) is 5.16. The fourth-order valence-electron chi connectivity index (χ4n) is 2.72. The molecule has 0 saturated carbocycles. The zero-order valence-electron chi connectivity index (χ0n) is 13.5. The smallest absolute Gasteiger partial charge is 0.176 e. The zero-order valence-corrected chi connectivity index (χ0v) is 13.5. The Balaban J connectivity index is 1.87. The predicted molar refractivity (Wildman–Crippen MR) is 85.9 cm³/mol. The second-order valence-electron chi connectivity index (χ2n) is 6.63. The van der Waals surface area contributed by atoms with Crippen LogP contribution in [0, 0.1) is 11.8 Å². The number of hydrogen-bond donors (Lipinski definition) is 0. The minimum atomic E-state index is 0.208. The maximum atomic E-state index is 12.3. The maximum absolute atomic E-state index is 12.3. The minimum absolute atomic E-state index is 0.208. The van der Waals surface area contributed by atoms with Crippen LogP contribution in [0.3, 0.4) is 0 Å². The van der Waals surface area contributed by atoms with E-state index in [0.29, 0.717) is 25.0 Å². The van der Waals surface area contributed by atoms with Crippen LogP contribution >= 0.6 is 0 Å². The van der Waals surface area contributed by atoms with Crippen molar-refractivity contribution >= 4 is 5.78 Å². The summed E-state index contributed by atoms with van der Waals surface area (Å²) in [5.74, 6) is 2.26. The molecule has 2 rings (SSSR count). The van der Waals surface area contributed by atoms with Crippen molar-refractivity contribution in [2.45, 2.75) is 33.6 Å². The highest BCUT2D eigenvalue weighted by Crippen LogP contribution is 2.17. The zero-order chi connectivity index (χ0) is 15.2. The number of piperidine rings is 1. The molecule has 1 unspecified atom stereocenters. The van der Waals surface area contributed by atoms with Crippen molar-refractivity contribution in [2.75, 3.05) is 26.2 Å². The van der Waals surface area contributed by atoms with Crippen molar-refractivity contribution < 1.29 is 9.53 Å². The lowest BCUT2D eigenvalue weighted by Gasteiger charge is -2.30. The van der Waals surface area contributed by atoms with Gasteiger partial charge >= 0.3 is 0 Å². The summed E-state index contributed by atoms with van der Waals surface area (Å²) in [7, 11) is 0. The summed E-state index contributed by atoms with van der Waals surface area (Å²) in [4.78, 5) is 14.6. The van der Waals surface area contributed by atoms with Gasteiger partial charge in [0.05, 0.1) is 13.2 Å². The van der Waals surface area contributed by atoms with E-state index in [1.165, 1.54) is 12.8 Å². The van der Waals surface area contributed by atoms with Crippen LogP contribution in [0.25, 0.3) is 0 Å². The van der Waals surface area contributed by atoms with Crippen LogP contribution < -0.4 is 4.74 Å². The highest BCUT2D eigenvalue weighted by atomic mass is 16.5. The second kappa shape index (κ2) is 7.60. The molecule has 0 aliphatic carbocycles. The number of ether oxygens (including phenoxy) is 1. The number of carbonyl (C=O) groups excluding carboxylic acids is 1. The van der Waals surface area contributed by atoms with Crippen LogP contribution in [0.1, 0.15) is 44.0 Å². The Morgan fingerprint density at radius 2 is 2.05 bits per heavy atom. The number of nitrogens with zero attached hydrogens (tertiary/aromatic N) is 1. The molecule has 0 amide bonds. The van der Waals surface area contributed by atoms with Crippen molar-refractivity contribution in [3.05, 3.63) is 29.8 Å². The summed E-state index contributed by atoms with van der Waals surface area (Å²) in [5.41, 5.74) is 0.783. The summed E-state index contributed by atoms with van der Waals surface area (Å²) in [6, 6.07) is 7.56. The average Bonchev–Trinajstić information content (AvgIpc) is 2.45. The molecule has 21 heavy (non-hydrogen) atoms. The molecule has 0 bridgehead atoms. The van der Waals surface area contributed by atoms with E-state index in [-0.39, 0.29) is 5.78 Å². The van der Waals surface area contributed by atoms with Gasteiger partial charge in [0.2, 0.25) is 0 Å². The van der Waals surface area contributed by atoms with Gasteiger partial charge in [-0.1, -0.05) is 20.8 Å². The molecular weight excluding hydrogens is 262 g/mol. The molecular formula is C18H27NO2. The quantitative estimate of drug-likeness (QED) is 0.749. The fraction of sp³-hybridized carbons (Fsp3) is 0.611. The Kier molecular flexibility index (Phi) is 5.80. The molecule has 1 heterocycles. The molecule has 1 saturated heterocycles. The Bertz CT molecular complexity index is 453. The van der Waals surface area contributed by atoms with Crippen LogP contribution in [0.4, 0.5) is 0 Å². The molecule has 0 radical (unpaired) electrons. The van der Waals surface area contributed by atoms with Crippen molar-refractivity contribution in [2.24, 2.45) is 11.8 Å². The van der Waals surface area contributed by atoms with E-state index in [9.17, 15) is 4.79 Å². The molecule has 116 valence electrons. The number of benzene rings is 1. The number of hydrogen-bond acceptors (Lipinski definition) is 3. The van der Waals surface area contributed by atoms with Crippen molar-refractivity contribution in [1.29, 1.82) is 0 Å². The van der Waals surface area contributed by atoms with Gasteiger partial charge in [0.25, 0.3) is 0 Å². The van der Waals surface area contributed by atoms with Gasteiger partial charge < -0.3 is 4.74 Å². The van der Waals surface area contributed by atoms with Gasteiger partial charge in [0.15, 0.2) is 5.78 Å². The van der Waals surface area contributed by atoms with Crippen LogP contribution in [-0.4, -0.2) is 36.9 Å². The van der Waals surface area contributed by atoms with Crippen molar-refractivity contribution in [1.82, 2.24) is 4.90 Å². The molecule has 3 heteroatoms. The lowest BCUT2D eigenvalue weighted by molar-refractivity contribution is 0.0893. The number of Topliss-reactive ketones (excluding diaryl/α,β-unsaturated/α-hetero) is 1. The van der Waals surface area contributed by atoms with Crippen LogP contribution in [-0.2, 0) is 0 Å². The van der Waals surface area contributed by atoms with E-state index in [0.717, 1.165) is 24.4 Å². The largest absolute Gasteiger partial charge is 0.493 e. The summed E-state index contributed by atoms with van der Waals surface area (Å²) in [5, 5.41) is 0. The van der Waals surface area contributed by atoms with Crippen LogP contribution in [0.5, 0.6) is 5.75 Å². The van der Waals surface area contributed by atoms with E-state index in [2.05, 4.69) is 25.7 Å². The summed E-state index contributed by atoms with van der Waals surface area (Å²) in [6.07, 6.45) is 2.49. The lowest BCUT2D eigenvalue weighted by Crippen LogP contribution is -2.37. The van der Waals surface area contributed by atoms with Gasteiger partial charge in [-0.3, -0.25) is 9.69 Å². The lowest BCUT2D eigenvalue weighted by atomic mass is 9.99. The summed E-state index contributed by atoms with van der Waals surface area (Å²) >= 11 is 0. The van der Waals surface area contributed by atoms with E-state index in [1.54, 1.807) is 0 Å². The first-order chi connectivity index (χ1) is 10.0. The average molecular weight is 289 g/mol. The molecule has 1 aliphatic rings.